The Morgan fingerprint density at radius 3 is 2.77 bits per heavy atom. The van der Waals surface area contributed by atoms with Gasteiger partial charge in [0, 0.05) is 5.92 Å². The van der Waals surface area contributed by atoms with Gasteiger partial charge in [0.2, 0.25) is 0 Å². The molecule has 0 unspecified atom stereocenters. The zero-order chi connectivity index (χ0) is 15.5. The Morgan fingerprint density at radius 2 is 2.05 bits per heavy atom. The first kappa shape index (κ1) is 14.9. The lowest BCUT2D eigenvalue weighted by Gasteiger charge is -2.31. The van der Waals surface area contributed by atoms with E-state index in [0.29, 0.717) is 6.42 Å². The minimum Gasteiger partial charge on any atom is -0.497 e. The molecule has 2 fully saturated rings. The van der Waals surface area contributed by atoms with Gasteiger partial charge in [-0.05, 0) is 37.0 Å². The van der Waals surface area contributed by atoms with Crippen molar-refractivity contribution in [3.05, 3.63) is 29.8 Å². The van der Waals surface area contributed by atoms with Crippen LogP contribution in [-0.4, -0.2) is 31.3 Å². The van der Waals surface area contributed by atoms with Gasteiger partial charge in [0.25, 0.3) is 0 Å². The van der Waals surface area contributed by atoms with Crippen molar-refractivity contribution in [2.45, 2.75) is 44.3 Å². The minimum absolute atomic E-state index is 0.173. The van der Waals surface area contributed by atoms with Crippen molar-refractivity contribution in [2.24, 2.45) is 5.92 Å². The van der Waals surface area contributed by atoms with Gasteiger partial charge in [0.1, 0.15) is 18.0 Å². The highest BCUT2D eigenvalue weighted by Gasteiger charge is 2.44. The van der Waals surface area contributed by atoms with Gasteiger partial charge < -0.3 is 14.2 Å². The van der Waals surface area contributed by atoms with E-state index in [1.807, 2.05) is 24.3 Å². The number of carbonyl (C=O) groups excluding carboxylic acids is 2. The number of ether oxygens (including phenoxy) is 3. The number of benzene rings is 1. The molecule has 1 aromatic rings. The average molecular weight is 304 g/mol. The maximum absolute atomic E-state index is 12.1. The van der Waals surface area contributed by atoms with Crippen LogP contribution < -0.4 is 4.74 Å². The molecule has 1 saturated heterocycles. The zero-order valence-corrected chi connectivity index (χ0v) is 12.6. The van der Waals surface area contributed by atoms with Crippen molar-refractivity contribution in [3.63, 3.8) is 0 Å². The number of esters is 2. The summed E-state index contributed by atoms with van der Waals surface area (Å²) in [6.45, 7) is 0. The third kappa shape index (κ3) is 3.24. The Bertz CT molecular complexity index is 551. The molecule has 0 bridgehead atoms. The molecule has 1 saturated carbocycles. The second-order valence-electron chi connectivity index (χ2n) is 5.90. The summed E-state index contributed by atoms with van der Waals surface area (Å²) in [6.07, 6.45) is 2.84. The van der Waals surface area contributed by atoms with E-state index in [0.717, 1.165) is 30.6 Å². The smallest absolute Gasteiger partial charge is 0.310 e. The third-order valence-electron chi connectivity index (χ3n) is 4.38. The van der Waals surface area contributed by atoms with E-state index >= 15 is 0 Å². The fourth-order valence-electron chi connectivity index (χ4n) is 3.26. The van der Waals surface area contributed by atoms with Crippen LogP contribution in [0.25, 0.3) is 0 Å². The molecule has 0 N–H and O–H groups in total. The van der Waals surface area contributed by atoms with Crippen molar-refractivity contribution in [3.8, 4) is 5.75 Å². The van der Waals surface area contributed by atoms with Crippen molar-refractivity contribution in [1.82, 2.24) is 0 Å². The summed E-state index contributed by atoms with van der Waals surface area (Å²) >= 11 is 0. The van der Waals surface area contributed by atoms with Crippen molar-refractivity contribution >= 4 is 11.9 Å². The van der Waals surface area contributed by atoms with Crippen LogP contribution in [0.5, 0.6) is 5.75 Å². The number of hydrogen-bond donors (Lipinski definition) is 0. The Balaban J connectivity index is 1.57. The first-order valence-corrected chi connectivity index (χ1v) is 7.67. The molecule has 1 aliphatic heterocycles. The molecule has 0 aromatic heterocycles. The predicted octanol–water partition coefficient (Wildman–Crippen LogP) is 2.27. The lowest BCUT2D eigenvalue weighted by atomic mass is 9.84. The molecule has 118 valence electrons. The lowest BCUT2D eigenvalue weighted by Crippen LogP contribution is -2.39. The lowest BCUT2D eigenvalue weighted by molar-refractivity contribution is -0.165. The number of carbonyl (C=O) groups is 2. The first-order chi connectivity index (χ1) is 10.7. The molecule has 0 spiro atoms. The molecular weight excluding hydrogens is 284 g/mol. The minimum atomic E-state index is -0.295. The SMILES string of the molecule is COc1ccc(CC(=O)O[C@H]2CCC[C@@H]3CC(=O)O[C@@H]32)cc1. The highest BCUT2D eigenvalue weighted by atomic mass is 16.6. The van der Waals surface area contributed by atoms with Crippen LogP contribution in [-0.2, 0) is 25.5 Å². The highest BCUT2D eigenvalue weighted by molar-refractivity contribution is 5.74. The van der Waals surface area contributed by atoms with Crippen molar-refractivity contribution < 1.29 is 23.8 Å². The number of rotatable bonds is 4. The second kappa shape index (κ2) is 6.38. The van der Waals surface area contributed by atoms with Crippen molar-refractivity contribution in [2.75, 3.05) is 7.11 Å². The largest absolute Gasteiger partial charge is 0.497 e. The van der Waals surface area contributed by atoms with E-state index in [4.69, 9.17) is 14.2 Å². The Morgan fingerprint density at radius 1 is 1.27 bits per heavy atom. The fraction of sp³-hybridized carbons (Fsp3) is 0.529. The summed E-state index contributed by atoms with van der Waals surface area (Å²) in [5, 5.41) is 0. The van der Waals surface area contributed by atoms with Gasteiger partial charge in [0.15, 0.2) is 0 Å². The van der Waals surface area contributed by atoms with Crippen LogP contribution in [0.2, 0.25) is 0 Å². The Labute approximate surface area is 129 Å². The first-order valence-electron chi connectivity index (χ1n) is 7.67. The maximum Gasteiger partial charge on any atom is 0.310 e. The molecule has 1 heterocycles. The van der Waals surface area contributed by atoms with Crippen LogP contribution in [0.3, 0.4) is 0 Å². The Kier molecular flexibility index (Phi) is 4.32. The number of fused-ring (bicyclic) bond motifs is 1. The van der Waals surface area contributed by atoms with E-state index in [-0.39, 0.29) is 36.5 Å². The quantitative estimate of drug-likeness (QED) is 0.799. The topological polar surface area (TPSA) is 61.8 Å². The van der Waals surface area contributed by atoms with Gasteiger partial charge in [-0.25, -0.2) is 0 Å². The van der Waals surface area contributed by atoms with Crippen LogP contribution in [0.4, 0.5) is 0 Å². The maximum atomic E-state index is 12.1. The third-order valence-corrected chi connectivity index (χ3v) is 4.38. The van der Waals surface area contributed by atoms with E-state index in [1.54, 1.807) is 7.11 Å². The van der Waals surface area contributed by atoms with Crippen LogP contribution in [0, 0.1) is 5.92 Å². The molecule has 5 heteroatoms. The zero-order valence-electron chi connectivity index (χ0n) is 12.6. The van der Waals surface area contributed by atoms with Crippen LogP contribution >= 0.6 is 0 Å². The molecule has 2 aliphatic rings. The highest BCUT2D eigenvalue weighted by Crippen LogP contribution is 2.36. The summed E-state index contributed by atoms with van der Waals surface area (Å²) < 4.78 is 16.0. The summed E-state index contributed by atoms with van der Waals surface area (Å²) in [7, 11) is 1.60. The molecule has 0 amide bonds. The predicted molar refractivity (Wildman–Crippen MR) is 78.4 cm³/mol. The fourth-order valence-corrected chi connectivity index (χ4v) is 3.26. The van der Waals surface area contributed by atoms with Gasteiger partial charge in [-0.1, -0.05) is 12.1 Å². The number of hydrogen-bond acceptors (Lipinski definition) is 5. The normalized spacial score (nSPS) is 27.0. The van der Waals surface area contributed by atoms with Gasteiger partial charge in [-0.3, -0.25) is 9.59 Å². The summed E-state index contributed by atoms with van der Waals surface area (Å²) in [4.78, 5) is 23.5. The molecule has 1 aromatic carbocycles. The molecule has 22 heavy (non-hydrogen) atoms. The summed E-state index contributed by atoms with van der Waals surface area (Å²) in [6, 6.07) is 7.33. The molecule has 5 nitrogen and oxygen atoms in total. The molecule has 1 aliphatic carbocycles. The average Bonchev–Trinajstić information content (AvgIpc) is 2.89. The number of methoxy groups -OCH3 is 1. The van der Waals surface area contributed by atoms with Crippen molar-refractivity contribution in [1.29, 1.82) is 0 Å². The van der Waals surface area contributed by atoms with Gasteiger partial charge >= 0.3 is 11.9 Å². The monoisotopic (exact) mass is 304 g/mol. The molecule has 3 rings (SSSR count). The van der Waals surface area contributed by atoms with Gasteiger partial charge in [-0.2, -0.15) is 0 Å². The van der Waals surface area contributed by atoms with Gasteiger partial charge in [-0.15, -0.1) is 0 Å². The van der Waals surface area contributed by atoms with E-state index in [2.05, 4.69) is 0 Å². The molecule has 3 atom stereocenters. The molecular formula is C17H20O5. The van der Waals surface area contributed by atoms with Crippen LogP contribution in [0.1, 0.15) is 31.2 Å². The standard InChI is InChI=1S/C17H20O5/c1-20-13-7-5-11(6-8-13)9-15(18)21-14-4-2-3-12-10-16(19)22-17(12)14/h5-8,12,14,17H,2-4,9-10H2,1H3/t12-,14+,17+/m1/s1. The molecule has 0 radical (unpaired) electrons. The second-order valence-corrected chi connectivity index (χ2v) is 5.90. The van der Waals surface area contributed by atoms with E-state index < -0.39 is 0 Å². The van der Waals surface area contributed by atoms with Gasteiger partial charge in [0.05, 0.1) is 20.0 Å². The summed E-state index contributed by atoms with van der Waals surface area (Å²) in [5.41, 5.74) is 0.876. The van der Waals surface area contributed by atoms with E-state index in [9.17, 15) is 9.59 Å². The van der Waals surface area contributed by atoms with Crippen LogP contribution in [0.15, 0.2) is 24.3 Å². The van der Waals surface area contributed by atoms with E-state index in [1.165, 1.54) is 0 Å². The summed E-state index contributed by atoms with van der Waals surface area (Å²) in [5.74, 6) is 0.511. The Hall–Kier alpha value is -2.04.